The molecule has 2 atom stereocenters. The SMILES string of the molecule is COC(=O)C[C@@H]1C[C@@H](COc2ccc(-c3ccc(C(=N)N)cc3)cc2)N(CCCCc2ccccc2)C1=O.Cl. The molecule has 0 spiro atoms. The van der Waals surface area contributed by atoms with Crippen LogP contribution in [-0.4, -0.2) is 48.9 Å². The van der Waals surface area contributed by atoms with Crippen LogP contribution >= 0.6 is 12.4 Å². The van der Waals surface area contributed by atoms with Gasteiger partial charge in [-0.1, -0.05) is 66.7 Å². The van der Waals surface area contributed by atoms with E-state index in [1.807, 2.05) is 71.6 Å². The largest absolute Gasteiger partial charge is 0.491 e. The normalized spacial score (nSPS) is 16.4. The molecule has 0 unspecified atom stereocenters. The number of likely N-dealkylation sites (tertiary alicyclic amines) is 1. The predicted molar refractivity (Wildman–Crippen MR) is 155 cm³/mol. The van der Waals surface area contributed by atoms with Crippen LogP contribution in [0.15, 0.2) is 78.9 Å². The fraction of sp³-hybridized carbons (Fsp3) is 0.323. The van der Waals surface area contributed by atoms with E-state index in [2.05, 4.69) is 12.1 Å². The molecular weight excluding hydrogens is 514 g/mol. The van der Waals surface area contributed by atoms with Crippen molar-refractivity contribution in [2.75, 3.05) is 20.3 Å². The number of nitrogens with two attached hydrogens (primary N) is 1. The maximum absolute atomic E-state index is 13.2. The number of carbonyl (C=O) groups excluding carboxylic acids is 2. The second kappa shape index (κ2) is 14.4. The molecule has 0 radical (unpaired) electrons. The van der Waals surface area contributed by atoms with Gasteiger partial charge in [-0.3, -0.25) is 15.0 Å². The van der Waals surface area contributed by atoms with E-state index in [0.717, 1.165) is 36.1 Å². The number of amidine groups is 1. The van der Waals surface area contributed by atoms with Crippen LogP contribution in [0.5, 0.6) is 5.75 Å². The van der Waals surface area contributed by atoms with Gasteiger partial charge in [0.2, 0.25) is 5.91 Å². The summed E-state index contributed by atoms with van der Waals surface area (Å²) in [5.74, 6) is 0.0474. The van der Waals surface area contributed by atoms with Crippen LogP contribution in [0.25, 0.3) is 11.1 Å². The summed E-state index contributed by atoms with van der Waals surface area (Å²) in [5, 5.41) is 7.53. The lowest BCUT2D eigenvalue weighted by atomic mass is 10.0. The van der Waals surface area contributed by atoms with Gasteiger partial charge in [0.1, 0.15) is 18.2 Å². The minimum absolute atomic E-state index is 0. The highest BCUT2D eigenvalue weighted by Crippen LogP contribution is 2.29. The number of nitrogens with one attached hydrogen (secondary N) is 1. The van der Waals surface area contributed by atoms with Crippen molar-refractivity contribution in [3.63, 3.8) is 0 Å². The molecule has 1 heterocycles. The molecule has 1 aliphatic rings. The Balaban J connectivity index is 0.00000420. The number of esters is 1. The summed E-state index contributed by atoms with van der Waals surface area (Å²) in [6, 6.07) is 25.6. The first-order valence-electron chi connectivity index (χ1n) is 13.0. The molecule has 1 amide bonds. The summed E-state index contributed by atoms with van der Waals surface area (Å²) >= 11 is 0. The molecule has 0 saturated carbocycles. The van der Waals surface area contributed by atoms with E-state index in [-0.39, 0.29) is 48.5 Å². The summed E-state index contributed by atoms with van der Waals surface area (Å²) in [6.45, 7) is 1.02. The van der Waals surface area contributed by atoms with Gasteiger partial charge < -0.3 is 20.1 Å². The van der Waals surface area contributed by atoms with E-state index in [1.165, 1.54) is 12.7 Å². The molecule has 3 N–H and O–H groups in total. The van der Waals surface area contributed by atoms with Crippen LogP contribution in [0, 0.1) is 11.3 Å². The fourth-order valence-electron chi connectivity index (χ4n) is 4.91. The van der Waals surface area contributed by atoms with Gasteiger partial charge in [-0.05, 0) is 54.5 Å². The van der Waals surface area contributed by atoms with E-state index >= 15 is 0 Å². The van der Waals surface area contributed by atoms with Crippen molar-refractivity contribution in [1.82, 2.24) is 4.90 Å². The number of methoxy groups -OCH3 is 1. The highest BCUT2D eigenvalue weighted by Gasteiger charge is 2.40. The van der Waals surface area contributed by atoms with Crippen LogP contribution in [0.3, 0.4) is 0 Å². The third-order valence-electron chi connectivity index (χ3n) is 7.05. The van der Waals surface area contributed by atoms with E-state index in [1.54, 1.807) is 0 Å². The molecule has 0 bridgehead atoms. The summed E-state index contributed by atoms with van der Waals surface area (Å²) in [6.07, 6.45) is 3.52. The molecule has 39 heavy (non-hydrogen) atoms. The van der Waals surface area contributed by atoms with Gasteiger partial charge in [0.05, 0.1) is 25.5 Å². The van der Waals surface area contributed by atoms with E-state index in [9.17, 15) is 9.59 Å². The minimum Gasteiger partial charge on any atom is -0.491 e. The standard InChI is InChI=1S/C31H35N3O4.ClH/c1-37-29(35)20-26-19-27(34(31(26)36)18-6-5-9-22-7-3-2-4-8-22)21-38-28-16-14-24(15-17-28)23-10-12-25(13-11-23)30(32)33;/h2-4,7-8,10-17,26-27H,5-6,9,18-21H2,1H3,(H3,32,33);1H/t26-,27-;/m0./s1. The molecule has 4 rings (SSSR count). The minimum atomic E-state index is -0.370. The van der Waals surface area contributed by atoms with Crippen LogP contribution < -0.4 is 10.5 Å². The van der Waals surface area contributed by atoms with Crippen molar-refractivity contribution in [1.29, 1.82) is 5.41 Å². The lowest BCUT2D eigenvalue weighted by molar-refractivity contribution is -0.144. The Morgan fingerprint density at radius 1 is 0.974 bits per heavy atom. The summed E-state index contributed by atoms with van der Waals surface area (Å²) in [7, 11) is 1.35. The van der Waals surface area contributed by atoms with Crippen LogP contribution in [0.1, 0.15) is 36.8 Å². The highest BCUT2D eigenvalue weighted by molar-refractivity contribution is 5.95. The molecule has 3 aromatic carbocycles. The molecule has 0 aliphatic carbocycles. The molecule has 3 aromatic rings. The number of nitrogen functional groups attached to an aromatic ring is 1. The first-order chi connectivity index (χ1) is 18.4. The van der Waals surface area contributed by atoms with Crippen molar-refractivity contribution in [2.24, 2.45) is 11.7 Å². The maximum atomic E-state index is 13.2. The molecule has 1 aliphatic heterocycles. The van der Waals surface area contributed by atoms with Crippen molar-refractivity contribution < 1.29 is 19.1 Å². The number of carbonyl (C=O) groups is 2. The first-order valence-corrected chi connectivity index (χ1v) is 13.0. The van der Waals surface area contributed by atoms with E-state index in [0.29, 0.717) is 25.1 Å². The Hall–Kier alpha value is -3.84. The summed E-state index contributed by atoms with van der Waals surface area (Å²) < 4.78 is 10.9. The Morgan fingerprint density at radius 2 is 1.62 bits per heavy atom. The molecule has 7 nitrogen and oxygen atoms in total. The lowest BCUT2D eigenvalue weighted by Gasteiger charge is -2.25. The summed E-state index contributed by atoms with van der Waals surface area (Å²) in [4.78, 5) is 26.9. The van der Waals surface area contributed by atoms with Gasteiger partial charge >= 0.3 is 5.97 Å². The van der Waals surface area contributed by atoms with Gasteiger partial charge in [-0.2, -0.15) is 0 Å². The van der Waals surface area contributed by atoms with Crippen LogP contribution in [0.4, 0.5) is 0 Å². The predicted octanol–water partition coefficient (Wildman–Crippen LogP) is 5.24. The quantitative estimate of drug-likeness (QED) is 0.139. The van der Waals surface area contributed by atoms with Crippen molar-refractivity contribution in [2.45, 2.75) is 38.1 Å². The van der Waals surface area contributed by atoms with Crippen molar-refractivity contribution in [3.8, 4) is 16.9 Å². The topological polar surface area (TPSA) is 106 Å². The maximum Gasteiger partial charge on any atom is 0.306 e. The van der Waals surface area contributed by atoms with Crippen molar-refractivity contribution >= 4 is 30.1 Å². The average molecular weight is 550 g/mol. The van der Waals surface area contributed by atoms with E-state index in [4.69, 9.17) is 20.6 Å². The third kappa shape index (κ3) is 8.07. The first kappa shape index (κ1) is 29.7. The van der Waals surface area contributed by atoms with Crippen LogP contribution in [-0.2, 0) is 20.7 Å². The monoisotopic (exact) mass is 549 g/mol. The molecule has 1 saturated heterocycles. The zero-order valence-corrected chi connectivity index (χ0v) is 23.0. The molecular formula is C31H36ClN3O4. The number of aryl methyl sites for hydroxylation is 1. The Bertz CT molecular complexity index is 1230. The van der Waals surface area contributed by atoms with E-state index < -0.39 is 0 Å². The Kier molecular flexibility index (Phi) is 10.9. The number of benzene rings is 3. The lowest BCUT2D eigenvalue weighted by Crippen LogP contribution is -2.38. The number of amides is 1. The number of hydrogen-bond acceptors (Lipinski definition) is 5. The van der Waals surface area contributed by atoms with Gasteiger partial charge in [0, 0.05) is 12.1 Å². The number of ether oxygens (including phenoxy) is 2. The Morgan fingerprint density at radius 3 is 2.23 bits per heavy atom. The second-order valence-corrected chi connectivity index (χ2v) is 9.67. The highest BCUT2D eigenvalue weighted by atomic mass is 35.5. The number of unbranched alkanes of at least 4 members (excludes halogenated alkanes) is 1. The Labute approximate surface area is 236 Å². The second-order valence-electron chi connectivity index (χ2n) is 9.67. The molecule has 0 aromatic heterocycles. The fourth-order valence-corrected chi connectivity index (χ4v) is 4.91. The number of nitrogens with zero attached hydrogens (tertiary/aromatic N) is 1. The van der Waals surface area contributed by atoms with Crippen LogP contribution in [0.2, 0.25) is 0 Å². The average Bonchev–Trinajstić information content (AvgIpc) is 3.24. The number of rotatable bonds is 12. The molecule has 8 heteroatoms. The number of halogens is 1. The van der Waals surface area contributed by atoms with Crippen molar-refractivity contribution in [3.05, 3.63) is 90.0 Å². The van der Waals surface area contributed by atoms with Gasteiger partial charge in [0.25, 0.3) is 0 Å². The van der Waals surface area contributed by atoms with Gasteiger partial charge in [-0.25, -0.2) is 0 Å². The van der Waals surface area contributed by atoms with Gasteiger partial charge in [0.15, 0.2) is 0 Å². The van der Waals surface area contributed by atoms with Gasteiger partial charge in [-0.15, -0.1) is 12.4 Å². The summed E-state index contributed by atoms with van der Waals surface area (Å²) in [5.41, 5.74) is 9.58. The smallest absolute Gasteiger partial charge is 0.306 e. The number of hydrogen-bond donors (Lipinski definition) is 2. The third-order valence-corrected chi connectivity index (χ3v) is 7.05. The molecule has 206 valence electrons. The molecule has 1 fully saturated rings. The zero-order valence-electron chi connectivity index (χ0n) is 22.2. The zero-order chi connectivity index (χ0) is 26.9.